The second kappa shape index (κ2) is 6.18. The molecule has 0 atom stereocenters. The number of hydrogen-bond donors (Lipinski definition) is 1. The Morgan fingerprint density at radius 3 is 2.52 bits per heavy atom. The molecule has 0 aliphatic carbocycles. The number of aromatic nitrogens is 2. The highest BCUT2D eigenvalue weighted by atomic mass is 79.9. The number of hydrogen-bond acceptors (Lipinski definition) is 4. The Bertz CT molecular complexity index is 629. The van der Waals surface area contributed by atoms with Gasteiger partial charge in [-0.3, -0.25) is 0 Å². The SMILES string of the molecule is CCCNc1nc(-c2occc2C)nc(C(C)(C)C)c1Br. The van der Waals surface area contributed by atoms with E-state index in [1.807, 2.05) is 13.0 Å². The molecule has 0 amide bonds. The molecule has 21 heavy (non-hydrogen) atoms. The molecule has 0 unspecified atom stereocenters. The number of furan rings is 1. The first-order valence-corrected chi connectivity index (χ1v) is 8.00. The smallest absolute Gasteiger partial charge is 0.198 e. The third-order valence-electron chi connectivity index (χ3n) is 3.17. The average molecular weight is 352 g/mol. The summed E-state index contributed by atoms with van der Waals surface area (Å²) < 4.78 is 6.48. The summed E-state index contributed by atoms with van der Waals surface area (Å²) in [4.78, 5) is 9.35. The second-order valence-corrected chi connectivity index (χ2v) is 6.96. The average Bonchev–Trinajstić information content (AvgIpc) is 2.82. The summed E-state index contributed by atoms with van der Waals surface area (Å²) in [5.74, 6) is 2.18. The van der Waals surface area contributed by atoms with Crippen LogP contribution in [0.15, 0.2) is 21.2 Å². The fourth-order valence-electron chi connectivity index (χ4n) is 2.01. The van der Waals surface area contributed by atoms with E-state index in [0.717, 1.165) is 40.3 Å². The van der Waals surface area contributed by atoms with Gasteiger partial charge in [-0.1, -0.05) is 27.7 Å². The van der Waals surface area contributed by atoms with Crippen molar-refractivity contribution in [2.24, 2.45) is 0 Å². The summed E-state index contributed by atoms with van der Waals surface area (Å²) in [5.41, 5.74) is 1.93. The van der Waals surface area contributed by atoms with Crippen LogP contribution in [0.4, 0.5) is 5.82 Å². The van der Waals surface area contributed by atoms with Crippen molar-refractivity contribution >= 4 is 21.7 Å². The molecule has 0 saturated heterocycles. The molecule has 0 fully saturated rings. The quantitative estimate of drug-likeness (QED) is 0.848. The monoisotopic (exact) mass is 351 g/mol. The molecule has 0 radical (unpaired) electrons. The van der Waals surface area contributed by atoms with Crippen molar-refractivity contribution < 1.29 is 4.42 Å². The van der Waals surface area contributed by atoms with Gasteiger partial charge in [0, 0.05) is 12.0 Å². The first-order chi connectivity index (χ1) is 9.84. The van der Waals surface area contributed by atoms with E-state index in [4.69, 9.17) is 9.40 Å². The predicted octanol–water partition coefficient (Wildman–Crippen LogP) is 4.93. The van der Waals surface area contributed by atoms with E-state index < -0.39 is 0 Å². The maximum absolute atomic E-state index is 5.55. The van der Waals surface area contributed by atoms with E-state index in [1.165, 1.54) is 0 Å². The van der Waals surface area contributed by atoms with Crippen molar-refractivity contribution in [3.8, 4) is 11.6 Å². The lowest BCUT2D eigenvalue weighted by Gasteiger charge is -2.22. The van der Waals surface area contributed by atoms with Crippen LogP contribution in [0.2, 0.25) is 0 Å². The van der Waals surface area contributed by atoms with E-state index in [0.29, 0.717) is 5.82 Å². The highest BCUT2D eigenvalue weighted by Gasteiger charge is 2.24. The first kappa shape index (κ1) is 16.0. The number of halogens is 1. The Balaban J connectivity index is 2.59. The maximum Gasteiger partial charge on any atom is 0.198 e. The standard InChI is InChI=1S/C16H22BrN3O/c1-6-8-18-14-11(17)13(16(3,4)5)19-15(20-14)12-10(2)7-9-21-12/h7,9H,6,8H2,1-5H3,(H,18,19,20). The molecule has 0 aliphatic rings. The molecule has 2 aromatic rings. The number of anilines is 1. The Labute approximate surface area is 134 Å². The molecule has 1 N–H and O–H groups in total. The lowest BCUT2D eigenvalue weighted by Crippen LogP contribution is -2.17. The largest absolute Gasteiger partial charge is 0.461 e. The van der Waals surface area contributed by atoms with E-state index in [-0.39, 0.29) is 5.41 Å². The molecule has 0 bridgehead atoms. The summed E-state index contributed by atoms with van der Waals surface area (Å²) in [6.45, 7) is 11.4. The molecule has 0 saturated carbocycles. The van der Waals surface area contributed by atoms with Gasteiger partial charge in [-0.15, -0.1) is 0 Å². The molecular formula is C16H22BrN3O. The van der Waals surface area contributed by atoms with Crippen LogP contribution in [-0.4, -0.2) is 16.5 Å². The van der Waals surface area contributed by atoms with Gasteiger partial charge in [0.15, 0.2) is 11.6 Å². The van der Waals surface area contributed by atoms with Gasteiger partial charge in [0.25, 0.3) is 0 Å². The molecule has 0 aliphatic heterocycles. The van der Waals surface area contributed by atoms with Gasteiger partial charge < -0.3 is 9.73 Å². The Morgan fingerprint density at radius 1 is 1.29 bits per heavy atom. The van der Waals surface area contributed by atoms with Crippen molar-refractivity contribution in [3.63, 3.8) is 0 Å². The minimum Gasteiger partial charge on any atom is -0.461 e. The topological polar surface area (TPSA) is 51.0 Å². The molecule has 0 spiro atoms. The summed E-state index contributed by atoms with van der Waals surface area (Å²) in [5, 5.41) is 3.36. The normalized spacial score (nSPS) is 11.7. The van der Waals surface area contributed by atoms with E-state index in [9.17, 15) is 0 Å². The molecule has 2 aromatic heterocycles. The first-order valence-electron chi connectivity index (χ1n) is 7.21. The van der Waals surface area contributed by atoms with Gasteiger partial charge in [0.1, 0.15) is 5.82 Å². The highest BCUT2D eigenvalue weighted by Crippen LogP contribution is 2.35. The maximum atomic E-state index is 5.55. The van der Waals surface area contributed by atoms with Crippen molar-refractivity contribution in [2.45, 2.75) is 46.5 Å². The zero-order valence-electron chi connectivity index (χ0n) is 13.2. The van der Waals surface area contributed by atoms with Crippen molar-refractivity contribution in [1.82, 2.24) is 9.97 Å². The minimum atomic E-state index is -0.0837. The third-order valence-corrected chi connectivity index (χ3v) is 3.92. The molecule has 5 heteroatoms. The molecular weight excluding hydrogens is 330 g/mol. The number of nitrogens with zero attached hydrogens (tertiary/aromatic N) is 2. The van der Waals surface area contributed by atoms with Gasteiger partial charge in [-0.05, 0) is 40.9 Å². The van der Waals surface area contributed by atoms with Crippen LogP contribution in [0.5, 0.6) is 0 Å². The van der Waals surface area contributed by atoms with Crippen LogP contribution in [0, 0.1) is 6.92 Å². The van der Waals surface area contributed by atoms with Gasteiger partial charge in [-0.2, -0.15) is 0 Å². The van der Waals surface area contributed by atoms with Crippen molar-refractivity contribution in [3.05, 3.63) is 28.1 Å². The van der Waals surface area contributed by atoms with Gasteiger partial charge in [0.05, 0.1) is 16.4 Å². The van der Waals surface area contributed by atoms with E-state index in [2.05, 4.69) is 53.9 Å². The molecule has 4 nitrogen and oxygen atoms in total. The number of nitrogens with one attached hydrogen (secondary N) is 1. The zero-order valence-corrected chi connectivity index (χ0v) is 14.8. The Kier molecular flexibility index (Phi) is 4.71. The number of aryl methyl sites for hydroxylation is 1. The molecule has 0 aromatic carbocycles. The summed E-state index contributed by atoms with van der Waals surface area (Å²) in [7, 11) is 0. The zero-order chi connectivity index (χ0) is 15.6. The van der Waals surface area contributed by atoms with Crippen LogP contribution in [0.3, 0.4) is 0 Å². The Morgan fingerprint density at radius 2 is 2.00 bits per heavy atom. The molecule has 2 heterocycles. The Hall–Kier alpha value is -1.36. The third kappa shape index (κ3) is 3.46. The van der Waals surface area contributed by atoms with E-state index >= 15 is 0 Å². The molecule has 114 valence electrons. The number of rotatable bonds is 4. The van der Waals surface area contributed by atoms with Gasteiger partial charge >= 0.3 is 0 Å². The minimum absolute atomic E-state index is 0.0837. The van der Waals surface area contributed by atoms with Gasteiger partial charge in [-0.25, -0.2) is 9.97 Å². The lowest BCUT2D eigenvalue weighted by molar-refractivity contribution is 0.554. The second-order valence-electron chi connectivity index (χ2n) is 6.17. The van der Waals surface area contributed by atoms with E-state index in [1.54, 1.807) is 6.26 Å². The molecule has 2 rings (SSSR count). The van der Waals surface area contributed by atoms with Crippen LogP contribution in [-0.2, 0) is 5.41 Å². The van der Waals surface area contributed by atoms with Crippen LogP contribution >= 0.6 is 15.9 Å². The van der Waals surface area contributed by atoms with Crippen LogP contribution in [0.1, 0.15) is 45.4 Å². The fraction of sp³-hybridized carbons (Fsp3) is 0.500. The van der Waals surface area contributed by atoms with Crippen molar-refractivity contribution in [2.75, 3.05) is 11.9 Å². The van der Waals surface area contributed by atoms with Crippen molar-refractivity contribution in [1.29, 1.82) is 0 Å². The fourth-order valence-corrected chi connectivity index (χ4v) is 2.92. The summed E-state index contributed by atoms with van der Waals surface area (Å²) in [6.07, 6.45) is 2.71. The lowest BCUT2D eigenvalue weighted by atomic mass is 9.91. The van der Waals surface area contributed by atoms with Crippen LogP contribution < -0.4 is 5.32 Å². The highest BCUT2D eigenvalue weighted by molar-refractivity contribution is 9.10. The van der Waals surface area contributed by atoms with Crippen LogP contribution in [0.25, 0.3) is 11.6 Å². The van der Waals surface area contributed by atoms with Gasteiger partial charge in [0.2, 0.25) is 0 Å². The summed E-state index contributed by atoms with van der Waals surface area (Å²) >= 11 is 3.65. The predicted molar refractivity (Wildman–Crippen MR) is 89.7 cm³/mol. The summed E-state index contributed by atoms with van der Waals surface area (Å²) in [6, 6.07) is 1.93.